The fourth-order valence-electron chi connectivity index (χ4n) is 2.68. The van der Waals surface area contributed by atoms with Gasteiger partial charge in [0.2, 0.25) is 5.89 Å². The predicted octanol–water partition coefficient (Wildman–Crippen LogP) is 3.85. The van der Waals surface area contributed by atoms with Gasteiger partial charge in [0, 0.05) is 22.2 Å². The third-order valence-electron chi connectivity index (χ3n) is 4.06. The molecule has 0 atom stereocenters. The summed E-state index contributed by atoms with van der Waals surface area (Å²) in [5.74, 6) is 0.622. The van der Waals surface area contributed by atoms with E-state index >= 15 is 0 Å². The lowest BCUT2D eigenvalue weighted by Gasteiger charge is -2.03. The number of ether oxygens (including phenoxy) is 1. The van der Waals surface area contributed by atoms with Crippen LogP contribution in [0.3, 0.4) is 0 Å². The average molecular weight is 360 g/mol. The van der Waals surface area contributed by atoms with Crippen LogP contribution in [-0.4, -0.2) is 28.2 Å². The molecule has 0 aliphatic rings. The number of hydrogen-bond donors (Lipinski definition) is 1. The quantitative estimate of drug-likeness (QED) is 0.594. The van der Waals surface area contributed by atoms with Gasteiger partial charge in [-0.25, -0.2) is 0 Å². The van der Waals surface area contributed by atoms with Gasteiger partial charge in [0.25, 0.3) is 5.91 Å². The highest BCUT2D eigenvalue weighted by Crippen LogP contribution is 2.24. The molecule has 0 unspecified atom stereocenters. The van der Waals surface area contributed by atoms with Crippen molar-refractivity contribution in [2.45, 2.75) is 6.92 Å². The summed E-state index contributed by atoms with van der Waals surface area (Å²) in [4.78, 5) is 16.9. The zero-order chi connectivity index (χ0) is 18.8. The second-order valence-corrected chi connectivity index (χ2v) is 5.96. The van der Waals surface area contributed by atoms with Crippen LogP contribution in [0.25, 0.3) is 22.4 Å². The van der Waals surface area contributed by atoms with E-state index in [1.165, 1.54) is 0 Å². The summed E-state index contributed by atoms with van der Waals surface area (Å²) < 4.78 is 10.7. The Morgan fingerprint density at radius 3 is 2.78 bits per heavy atom. The van der Waals surface area contributed by atoms with Crippen molar-refractivity contribution in [1.82, 2.24) is 15.2 Å². The molecule has 4 aromatic rings. The second kappa shape index (κ2) is 6.87. The molecule has 0 aliphatic carbocycles. The van der Waals surface area contributed by atoms with E-state index in [9.17, 15) is 4.79 Å². The number of aromatic nitrogens is 3. The summed E-state index contributed by atoms with van der Waals surface area (Å²) in [5, 5.41) is 11.4. The lowest BCUT2D eigenvalue weighted by atomic mass is 10.1. The van der Waals surface area contributed by atoms with Crippen molar-refractivity contribution in [3.63, 3.8) is 0 Å². The minimum atomic E-state index is -0.346. The van der Waals surface area contributed by atoms with E-state index in [1.54, 1.807) is 25.3 Å². The SMILES string of the molecule is COc1cccc(-c2nnc(NC(=O)c3ccc4ccc(C)nc4c3)o2)c1. The molecule has 2 aromatic carbocycles. The summed E-state index contributed by atoms with van der Waals surface area (Å²) in [6.07, 6.45) is 0. The van der Waals surface area contributed by atoms with Crippen LogP contribution in [0.4, 0.5) is 6.01 Å². The zero-order valence-electron chi connectivity index (χ0n) is 14.8. The van der Waals surface area contributed by atoms with Crippen molar-refractivity contribution in [2.24, 2.45) is 0 Å². The fraction of sp³-hybridized carbons (Fsp3) is 0.100. The lowest BCUT2D eigenvalue weighted by Crippen LogP contribution is -2.12. The number of nitrogens with one attached hydrogen (secondary N) is 1. The third-order valence-corrected chi connectivity index (χ3v) is 4.06. The highest BCUT2D eigenvalue weighted by molar-refractivity contribution is 6.05. The molecule has 134 valence electrons. The van der Waals surface area contributed by atoms with Crippen molar-refractivity contribution in [1.29, 1.82) is 0 Å². The minimum absolute atomic E-state index is 0.0233. The van der Waals surface area contributed by atoms with Crippen molar-refractivity contribution in [3.05, 3.63) is 65.9 Å². The van der Waals surface area contributed by atoms with E-state index in [4.69, 9.17) is 9.15 Å². The molecule has 1 N–H and O–H groups in total. The largest absolute Gasteiger partial charge is 0.497 e. The summed E-state index contributed by atoms with van der Waals surface area (Å²) in [6.45, 7) is 1.91. The van der Waals surface area contributed by atoms with E-state index in [2.05, 4.69) is 20.5 Å². The smallest absolute Gasteiger partial charge is 0.322 e. The number of carbonyl (C=O) groups is 1. The van der Waals surface area contributed by atoms with Crippen molar-refractivity contribution in [3.8, 4) is 17.2 Å². The monoisotopic (exact) mass is 360 g/mol. The Morgan fingerprint density at radius 1 is 1.07 bits per heavy atom. The summed E-state index contributed by atoms with van der Waals surface area (Å²) in [6, 6.07) is 16.5. The molecule has 0 bridgehead atoms. The van der Waals surface area contributed by atoms with Crippen LogP contribution in [-0.2, 0) is 0 Å². The molecule has 0 saturated heterocycles. The van der Waals surface area contributed by atoms with Crippen LogP contribution >= 0.6 is 0 Å². The van der Waals surface area contributed by atoms with Gasteiger partial charge in [-0.3, -0.25) is 15.1 Å². The summed E-state index contributed by atoms with van der Waals surface area (Å²) in [5.41, 5.74) is 2.81. The van der Waals surface area contributed by atoms with Crippen LogP contribution in [0.2, 0.25) is 0 Å². The molecule has 0 saturated carbocycles. The number of fused-ring (bicyclic) bond motifs is 1. The van der Waals surface area contributed by atoms with E-state index < -0.39 is 0 Å². The third kappa shape index (κ3) is 3.48. The van der Waals surface area contributed by atoms with Gasteiger partial charge in [0.05, 0.1) is 12.6 Å². The first-order valence-electron chi connectivity index (χ1n) is 8.29. The maximum absolute atomic E-state index is 12.5. The summed E-state index contributed by atoms with van der Waals surface area (Å²) in [7, 11) is 1.58. The number of anilines is 1. The Morgan fingerprint density at radius 2 is 1.93 bits per heavy atom. The molecule has 0 spiro atoms. The van der Waals surface area contributed by atoms with Crippen LogP contribution < -0.4 is 10.1 Å². The topological polar surface area (TPSA) is 90.1 Å². The molecule has 2 aromatic heterocycles. The predicted molar refractivity (Wildman–Crippen MR) is 101 cm³/mol. The first-order valence-corrected chi connectivity index (χ1v) is 8.29. The number of amides is 1. The molecule has 7 heteroatoms. The fourth-order valence-corrected chi connectivity index (χ4v) is 2.68. The molecule has 0 fully saturated rings. The Kier molecular flexibility index (Phi) is 4.25. The second-order valence-electron chi connectivity index (χ2n) is 5.96. The van der Waals surface area contributed by atoms with Gasteiger partial charge < -0.3 is 9.15 Å². The molecule has 0 radical (unpaired) electrons. The van der Waals surface area contributed by atoms with Crippen LogP contribution in [0, 0.1) is 6.92 Å². The highest BCUT2D eigenvalue weighted by atomic mass is 16.5. The molecule has 1 amide bonds. The van der Waals surface area contributed by atoms with Gasteiger partial charge in [0.1, 0.15) is 5.75 Å². The van der Waals surface area contributed by atoms with Crippen molar-refractivity contribution >= 4 is 22.8 Å². The van der Waals surface area contributed by atoms with E-state index in [0.29, 0.717) is 22.8 Å². The Hall–Kier alpha value is -3.74. The molecular formula is C20H16N4O3. The molecule has 7 nitrogen and oxygen atoms in total. The Labute approximate surface area is 155 Å². The maximum atomic E-state index is 12.5. The van der Waals surface area contributed by atoms with E-state index in [-0.39, 0.29) is 11.9 Å². The standard InChI is InChI=1S/C20H16N4O3/c1-12-6-7-13-8-9-14(11-17(13)21-12)18(25)22-20-24-23-19(27-20)15-4-3-5-16(10-15)26-2/h3-11H,1-2H3,(H,22,24,25). The number of nitrogens with zero attached hydrogens (tertiary/aromatic N) is 3. The molecule has 4 rings (SSSR count). The highest BCUT2D eigenvalue weighted by Gasteiger charge is 2.14. The Bertz CT molecular complexity index is 1140. The van der Waals surface area contributed by atoms with Crippen LogP contribution in [0.5, 0.6) is 5.75 Å². The van der Waals surface area contributed by atoms with Crippen molar-refractivity contribution in [2.75, 3.05) is 12.4 Å². The molecule has 27 heavy (non-hydrogen) atoms. The number of carbonyl (C=O) groups excluding carboxylic acids is 1. The zero-order valence-corrected chi connectivity index (χ0v) is 14.8. The first-order chi connectivity index (χ1) is 13.1. The van der Waals surface area contributed by atoms with Gasteiger partial charge in [-0.1, -0.05) is 23.3 Å². The number of rotatable bonds is 4. The number of methoxy groups -OCH3 is 1. The van der Waals surface area contributed by atoms with Gasteiger partial charge in [-0.05, 0) is 43.3 Å². The van der Waals surface area contributed by atoms with Crippen molar-refractivity contribution < 1.29 is 13.9 Å². The number of benzene rings is 2. The van der Waals surface area contributed by atoms with Gasteiger partial charge in [0.15, 0.2) is 0 Å². The first kappa shape index (κ1) is 16.7. The van der Waals surface area contributed by atoms with Crippen LogP contribution in [0.15, 0.2) is 59.0 Å². The van der Waals surface area contributed by atoms with E-state index in [1.807, 2.05) is 43.3 Å². The van der Waals surface area contributed by atoms with Gasteiger partial charge >= 0.3 is 6.01 Å². The normalized spacial score (nSPS) is 10.7. The lowest BCUT2D eigenvalue weighted by molar-refractivity contribution is 0.102. The maximum Gasteiger partial charge on any atom is 0.322 e. The molecule has 2 heterocycles. The molecular weight excluding hydrogens is 344 g/mol. The number of hydrogen-bond acceptors (Lipinski definition) is 6. The number of pyridine rings is 1. The molecule has 0 aliphatic heterocycles. The van der Waals surface area contributed by atoms with Crippen LogP contribution in [0.1, 0.15) is 16.1 Å². The van der Waals surface area contributed by atoms with E-state index in [0.717, 1.165) is 16.6 Å². The Balaban J connectivity index is 1.55. The van der Waals surface area contributed by atoms with Gasteiger partial charge in [-0.15, -0.1) is 5.10 Å². The van der Waals surface area contributed by atoms with Gasteiger partial charge in [-0.2, -0.15) is 0 Å². The average Bonchev–Trinajstić information content (AvgIpc) is 3.16. The summed E-state index contributed by atoms with van der Waals surface area (Å²) >= 11 is 0. The number of aryl methyl sites for hydroxylation is 1. The minimum Gasteiger partial charge on any atom is -0.497 e.